The van der Waals surface area contributed by atoms with Crippen LogP contribution in [0.25, 0.3) is 0 Å². The summed E-state index contributed by atoms with van der Waals surface area (Å²) in [5.41, 5.74) is -0.522. The van der Waals surface area contributed by atoms with Crippen LogP contribution in [0.2, 0.25) is 0 Å². The predicted octanol–water partition coefficient (Wildman–Crippen LogP) is 2.25. The molecule has 2 aliphatic rings. The maximum Gasteiger partial charge on any atom is 0.228 e. The van der Waals surface area contributed by atoms with Crippen LogP contribution in [-0.4, -0.2) is 51.5 Å². The standard InChI is InChI=1S/C18H34N2O3/c1-3-13-23-18(7-5-4-6-8-18)14-20-16(21)17(15-22-2)9-11-19-12-10-17/h19H,3-15H2,1-2H3,(H,20,21). The monoisotopic (exact) mass is 326 g/mol. The number of hydrogen-bond acceptors (Lipinski definition) is 4. The number of carbonyl (C=O) groups is 1. The molecule has 2 N–H and O–H groups in total. The molecule has 5 nitrogen and oxygen atoms in total. The summed E-state index contributed by atoms with van der Waals surface area (Å²) < 4.78 is 11.6. The highest BCUT2D eigenvalue weighted by Gasteiger charge is 2.41. The van der Waals surface area contributed by atoms with Gasteiger partial charge in [0.15, 0.2) is 0 Å². The van der Waals surface area contributed by atoms with Gasteiger partial charge in [-0.1, -0.05) is 26.2 Å². The van der Waals surface area contributed by atoms with E-state index >= 15 is 0 Å². The number of ether oxygens (including phenoxy) is 2. The molecular weight excluding hydrogens is 292 g/mol. The van der Waals surface area contributed by atoms with Gasteiger partial charge in [-0.15, -0.1) is 0 Å². The van der Waals surface area contributed by atoms with E-state index in [1.54, 1.807) is 7.11 Å². The molecule has 5 heteroatoms. The Balaban J connectivity index is 1.96. The molecule has 2 fully saturated rings. The Hall–Kier alpha value is -0.650. The molecule has 134 valence electrons. The highest BCUT2D eigenvalue weighted by Crippen LogP contribution is 2.33. The van der Waals surface area contributed by atoms with Crippen LogP contribution >= 0.6 is 0 Å². The number of piperidine rings is 1. The third kappa shape index (κ3) is 4.91. The highest BCUT2D eigenvalue weighted by molar-refractivity contribution is 5.83. The van der Waals surface area contributed by atoms with Gasteiger partial charge in [-0.2, -0.15) is 0 Å². The minimum Gasteiger partial charge on any atom is -0.384 e. The largest absolute Gasteiger partial charge is 0.384 e. The van der Waals surface area contributed by atoms with Crippen molar-refractivity contribution in [3.8, 4) is 0 Å². The van der Waals surface area contributed by atoms with E-state index < -0.39 is 0 Å². The van der Waals surface area contributed by atoms with Crippen LogP contribution in [-0.2, 0) is 14.3 Å². The molecule has 0 aromatic rings. The second-order valence-corrected chi connectivity index (χ2v) is 7.24. The first-order chi connectivity index (χ1) is 11.2. The molecule has 0 bridgehead atoms. The van der Waals surface area contributed by atoms with E-state index in [-0.39, 0.29) is 16.9 Å². The number of amides is 1. The predicted molar refractivity (Wildman–Crippen MR) is 91.5 cm³/mol. The lowest BCUT2D eigenvalue weighted by Crippen LogP contribution is -2.54. The average Bonchev–Trinajstić information content (AvgIpc) is 2.60. The molecule has 0 aromatic carbocycles. The summed E-state index contributed by atoms with van der Waals surface area (Å²) in [5.74, 6) is 0.144. The quantitative estimate of drug-likeness (QED) is 0.718. The van der Waals surface area contributed by atoms with E-state index in [1.807, 2.05) is 0 Å². The number of carbonyl (C=O) groups excluding carboxylic acids is 1. The molecule has 1 saturated heterocycles. The molecule has 1 aliphatic heterocycles. The fraction of sp³-hybridized carbons (Fsp3) is 0.944. The van der Waals surface area contributed by atoms with Crippen molar-refractivity contribution in [2.45, 2.75) is 63.9 Å². The molecule has 0 radical (unpaired) electrons. The molecule has 1 heterocycles. The van der Waals surface area contributed by atoms with Gasteiger partial charge >= 0.3 is 0 Å². The summed E-state index contributed by atoms with van der Waals surface area (Å²) in [7, 11) is 1.68. The van der Waals surface area contributed by atoms with Crippen molar-refractivity contribution < 1.29 is 14.3 Å². The lowest BCUT2D eigenvalue weighted by molar-refractivity contribution is -0.139. The molecule has 1 amide bonds. The first-order valence-electron chi connectivity index (χ1n) is 9.28. The Kier molecular flexibility index (Phi) is 7.31. The summed E-state index contributed by atoms with van der Waals surface area (Å²) in [6.45, 7) is 5.83. The Bertz CT molecular complexity index is 356. The summed E-state index contributed by atoms with van der Waals surface area (Å²) in [4.78, 5) is 12.9. The van der Waals surface area contributed by atoms with Gasteiger partial charge in [-0.3, -0.25) is 4.79 Å². The van der Waals surface area contributed by atoms with Gasteiger partial charge in [0.25, 0.3) is 0 Å². The van der Waals surface area contributed by atoms with E-state index in [9.17, 15) is 4.79 Å². The van der Waals surface area contributed by atoms with Crippen molar-refractivity contribution in [3.63, 3.8) is 0 Å². The number of rotatable bonds is 8. The maximum absolute atomic E-state index is 12.9. The Labute approximate surface area is 140 Å². The van der Waals surface area contributed by atoms with Crippen molar-refractivity contribution in [3.05, 3.63) is 0 Å². The van der Waals surface area contributed by atoms with E-state index in [4.69, 9.17) is 9.47 Å². The topological polar surface area (TPSA) is 59.6 Å². The second-order valence-electron chi connectivity index (χ2n) is 7.24. The van der Waals surface area contributed by atoms with Crippen molar-refractivity contribution in [2.24, 2.45) is 5.41 Å². The van der Waals surface area contributed by atoms with Gasteiger partial charge in [0.05, 0.1) is 17.6 Å². The highest BCUT2D eigenvalue weighted by atomic mass is 16.5. The van der Waals surface area contributed by atoms with Crippen molar-refractivity contribution in [1.82, 2.24) is 10.6 Å². The zero-order chi connectivity index (χ0) is 16.6. The smallest absolute Gasteiger partial charge is 0.228 e. The van der Waals surface area contributed by atoms with Crippen molar-refractivity contribution >= 4 is 5.91 Å². The molecular formula is C18H34N2O3. The molecule has 0 unspecified atom stereocenters. The van der Waals surface area contributed by atoms with Crippen LogP contribution in [0, 0.1) is 5.41 Å². The van der Waals surface area contributed by atoms with Crippen LogP contribution in [0.5, 0.6) is 0 Å². The second kappa shape index (κ2) is 9.00. The minimum atomic E-state index is -0.374. The minimum absolute atomic E-state index is 0.144. The normalized spacial score (nSPS) is 23.4. The molecule has 0 aromatic heterocycles. The van der Waals surface area contributed by atoms with Gasteiger partial charge in [0.2, 0.25) is 5.91 Å². The Morgan fingerprint density at radius 1 is 1.13 bits per heavy atom. The summed E-state index contributed by atoms with van der Waals surface area (Å²) in [5, 5.41) is 6.56. The zero-order valence-electron chi connectivity index (χ0n) is 14.9. The van der Waals surface area contributed by atoms with Crippen LogP contribution < -0.4 is 10.6 Å². The maximum atomic E-state index is 12.9. The fourth-order valence-corrected chi connectivity index (χ4v) is 3.93. The third-order valence-corrected chi connectivity index (χ3v) is 5.41. The van der Waals surface area contributed by atoms with Crippen LogP contribution in [0.3, 0.4) is 0 Å². The number of hydrogen-bond donors (Lipinski definition) is 2. The Morgan fingerprint density at radius 2 is 1.83 bits per heavy atom. The van der Waals surface area contributed by atoms with E-state index in [0.29, 0.717) is 13.2 Å². The lowest BCUT2D eigenvalue weighted by Gasteiger charge is -2.40. The molecule has 0 spiro atoms. The first kappa shape index (κ1) is 18.7. The van der Waals surface area contributed by atoms with Gasteiger partial charge in [0.1, 0.15) is 0 Å². The van der Waals surface area contributed by atoms with E-state index in [0.717, 1.165) is 51.8 Å². The van der Waals surface area contributed by atoms with E-state index in [1.165, 1.54) is 19.3 Å². The lowest BCUT2D eigenvalue weighted by atomic mass is 9.78. The van der Waals surface area contributed by atoms with Gasteiger partial charge in [-0.05, 0) is 45.2 Å². The third-order valence-electron chi connectivity index (χ3n) is 5.41. The number of nitrogens with one attached hydrogen (secondary N) is 2. The molecule has 23 heavy (non-hydrogen) atoms. The van der Waals surface area contributed by atoms with Crippen LogP contribution in [0.4, 0.5) is 0 Å². The van der Waals surface area contributed by atoms with Crippen molar-refractivity contribution in [2.75, 3.05) is 40.0 Å². The molecule has 0 atom stereocenters. The van der Waals surface area contributed by atoms with Crippen LogP contribution in [0.1, 0.15) is 58.3 Å². The van der Waals surface area contributed by atoms with Gasteiger partial charge in [0, 0.05) is 20.3 Å². The molecule has 1 saturated carbocycles. The summed E-state index contributed by atoms with van der Waals surface area (Å²) in [6.07, 6.45) is 8.52. The molecule has 1 aliphatic carbocycles. The van der Waals surface area contributed by atoms with Crippen molar-refractivity contribution in [1.29, 1.82) is 0 Å². The fourth-order valence-electron chi connectivity index (χ4n) is 3.93. The first-order valence-corrected chi connectivity index (χ1v) is 9.28. The van der Waals surface area contributed by atoms with Gasteiger partial charge < -0.3 is 20.1 Å². The van der Waals surface area contributed by atoms with Crippen LogP contribution in [0.15, 0.2) is 0 Å². The summed E-state index contributed by atoms with van der Waals surface area (Å²) in [6, 6.07) is 0. The molecule has 2 rings (SSSR count). The SMILES string of the molecule is CCCOC1(CNC(=O)C2(COC)CCNCC2)CCCCC1. The zero-order valence-corrected chi connectivity index (χ0v) is 14.9. The summed E-state index contributed by atoms with van der Waals surface area (Å²) >= 11 is 0. The number of methoxy groups -OCH3 is 1. The van der Waals surface area contributed by atoms with Gasteiger partial charge in [-0.25, -0.2) is 0 Å². The Morgan fingerprint density at radius 3 is 2.43 bits per heavy atom. The average molecular weight is 326 g/mol. The van der Waals surface area contributed by atoms with E-state index in [2.05, 4.69) is 17.6 Å².